The van der Waals surface area contributed by atoms with E-state index in [1.165, 1.54) is 0 Å². The Bertz CT molecular complexity index is 375. The smallest absolute Gasteiger partial charge is 0.224 e. The number of nitrogens with zero attached hydrogens (tertiary/aromatic N) is 2. The van der Waals surface area contributed by atoms with Crippen LogP contribution >= 0.6 is 11.6 Å². The molecule has 1 aliphatic rings. The quantitative estimate of drug-likeness (QED) is 0.728. The lowest BCUT2D eigenvalue weighted by molar-refractivity contribution is 0.0995. The summed E-state index contributed by atoms with van der Waals surface area (Å²) < 4.78 is 6.94. The van der Waals surface area contributed by atoms with Crippen LogP contribution in [0.15, 0.2) is 0 Å². The fraction of sp³-hybridized carbons (Fsp3) is 0.500. The zero-order valence-corrected chi connectivity index (χ0v) is 8.25. The zero-order valence-electron chi connectivity index (χ0n) is 7.49. The van der Waals surface area contributed by atoms with E-state index in [1.54, 1.807) is 4.68 Å². The minimum atomic E-state index is -0.238. The molecule has 0 unspecified atom stereocenters. The second-order valence-corrected chi connectivity index (χ2v) is 3.38. The van der Waals surface area contributed by atoms with E-state index in [9.17, 15) is 4.79 Å². The summed E-state index contributed by atoms with van der Waals surface area (Å²) in [4.78, 5) is 11.4. The molecule has 0 amide bonds. The molecule has 5 nitrogen and oxygen atoms in total. The molecule has 0 atom stereocenters. The fourth-order valence-corrected chi connectivity index (χ4v) is 1.71. The van der Waals surface area contributed by atoms with E-state index in [0.29, 0.717) is 18.1 Å². The topological polar surface area (TPSA) is 70.1 Å². The molecule has 2 N–H and O–H groups in total. The number of rotatable bonds is 2. The van der Waals surface area contributed by atoms with Crippen LogP contribution in [-0.4, -0.2) is 28.7 Å². The van der Waals surface area contributed by atoms with Gasteiger partial charge in [-0.3, -0.25) is 4.79 Å². The highest BCUT2D eigenvalue weighted by Gasteiger charge is 2.25. The second kappa shape index (κ2) is 3.59. The highest BCUT2D eigenvalue weighted by Crippen LogP contribution is 2.29. The Hall–Kier alpha value is -1.07. The lowest BCUT2D eigenvalue weighted by Gasteiger charge is -2.15. The molecule has 2 rings (SSSR count). The third-order valence-corrected chi connectivity index (χ3v) is 2.34. The molecule has 0 aliphatic carbocycles. The van der Waals surface area contributed by atoms with Gasteiger partial charge in [-0.25, -0.2) is 4.68 Å². The number of fused-ring (bicyclic) bond motifs is 1. The molecular formula is C8H10ClN3O2. The van der Waals surface area contributed by atoms with Crippen LogP contribution in [-0.2, 0) is 6.54 Å². The third-order valence-electron chi connectivity index (χ3n) is 2.08. The molecule has 0 radical (unpaired) electrons. The first-order valence-corrected chi connectivity index (χ1v) is 4.74. The van der Waals surface area contributed by atoms with E-state index < -0.39 is 0 Å². The Kier molecular flexibility index (Phi) is 2.43. The van der Waals surface area contributed by atoms with E-state index >= 15 is 0 Å². The van der Waals surface area contributed by atoms with E-state index in [-0.39, 0.29) is 17.5 Å². The van der Waals surface area contributed by atoms with Gasteiger partial charge in [-0.2, -0.15) is 5.10 Å². The first-order valence-electron chi connectivity index (χ1n) is 4.36. The van der Waals surface area contributed by atoms with Gasteiger partial charge < -0.3 is 10.5 Å². The Morgan fingerprint density at radius 1 is 1.71 bits per heavy atom. The molecule has 0 saturated heterocycles. The minimum Gasteiger partial charge on any atom is -0.477 e. The molecule has 1 aromatic heterocycles. The molecule has 14 heavy (non-hydrogen) atoms. The number of hydrogen-bond acceptors (Lipinski definition) is 4. The van der Waals surface area contributed by atoms with Crippen LogP contribution in [0, 0.1) is 0 Å². The summed E-state index contributed by atoms with van der Waals surface area (Å²) in [5.74, 6) is 0.217. The van der Waals surface area contributed by atoms with E-state index in [2.05, 4.69) is 5.10 Å². The van der Waals surface area contributed by atoms with Crippen LogP contribution in [0.3, 0.4) is 0 Å². The molecule has 1 aliphatic heterocycles. The Morgan fingerprint density at radius 3 is 3.21 bits per heavy atom. The summed E-state index contributed by atoms with van der Waals surface area (Å²) in [5.41, 5.74) is 5.58. The monoisotopic (exact) mass is 215 g/mol. The summed E-state index contributed by atoms with van der Waals surface area (Å²) in [7, 11) is 0. The third kappa shape index (κ3) is 1.38. The van der Waals surface area contributed by atoms with Crippen molar-refractivity contribution in [1.82, 2.24) is 9.78 Å². The number of Topliss-reactive ketones (excluding diaryl/α,β-unsaturated/α-hetero) is 1. The number of aromatic nitrogens is 2. The number of ketones is 1. The van der Waals surface area contributed by atoms with Crippen LogP contribution in [0.2, 0.25) is 5.15 Å². The molecule has 1 aromatic rings. The normalized spacial score (nSPS) is 14.7. The molecule has 0 fully saturated rings. The number of ether oxygens (including phenoxy) is 1. The molecule has 6 heteroatoms. The molecule has 76 valence electrons. The highest BCUT2D eigenvalue weighted by atomic mass is 35.5. The zero-order chi connectivity index (χ0) is 10.1. The number of halogens is 1. The van der Waals surface area contributed by atoms with Crippen LogP contribution in [0.4, 0.5) is 0 Å². The summed E-state index contributed by atoms with van der Waals surface area (Å²) >= 11 is 5.82. The van der Waals surface area contributed by atoms with Crippen molar-refractivity contribution in [3.05, 3.63) is 10.7 Å². The summed E-state index contributed by atoms with van der Waals surface area (Å²) in [6.07, 6.45) is 0.876. The lowest BCUT2D eigenvalue weighted by atomic mass is 10.2. The average Bonchev–Trinajstić information content (AvgIpc) is 2.53. The molecule has 0 saturated carbocycles. The maximum atomic E-state index is 11.4. The van der Waals surface area contributed by atoms with Crippen molar-refractivity contribution in [3.8, 4) is 5.88 Å². The lowest BCUT2D eigenvalue weighted by Crippen LogP contribution is -2.18. The van der Waals surface area contributed by atoms with E-state index in [1.807, 2.05) is 0 Å². The predicted molar refractivity (Wildman–Crippen MR) is 50.7 cm³/mol. The first-order chi connectivity index (χ1) is 6.74. The van der Waals surface area contributed by atoms with Gasteiger partial charge in [-0.15, -0.1) is 0 Å². The van der Waals surface area contributed by atoms with Gasteiger partial charge in [0.1, 0.15) is 5.56 Å². The molecule has 0 bridgehead atoms. The SMILES string of the molecule is NCC(=O)c1c(Cl)nn2c1OCCC2. The maximum Gasteiger partial charge on any atom is 0.224 e. The summed E-state index contributed by atoms with van der Waals surface area (Å²) in [5, 5.41) is 4.18. The van der Waals surface area contributed by atoms with Crippen molar-refractivity contribution in [2.75, 3.05) is 13.2 Å². The first kappa shape index (κ1) is 9.48. The van der Waals surface area contributed by atoms with Gasteiger partial charge >= 0.3 is 0 Å². The number of nitrogens with two attached hydrogens (primary N) is 1. The van der Waals surface area contributed by atoms with Crippen molar-refractivity contribution in [2.45, 2.75) is 13.0 Å². The van der Waals surface area contributed by atoms with Gasteiger partial charge in [0.25, 0.3) is 0 Å². The van der Waals surface area contributed by atoms with E-state index in [0.717, 1.165) is 13.0 Å². The van der Waals surface area contributed by atoms with Gasteiger partial charge in [-0.05, 0) is 0 Å². The van der Waals surface area contributed by atoms with Gasteiger partial charge in [-0.1, -0.05) is 11.6 Å². The Labute approximate surface area is 85.8 Å². The summed E-state index contributed by atoms with van der Waals surface area (Å²) in [6, 6.07) is 0. The number of carbonyl (C=O) groups excluding carboxylic acids is 1. The van der Waals surface area contributed by atoms with Crippen LogP contribution in [0.5, 0.6) is 5.88 Å². The van der Waals surface area contributed by atoms with Crippen molar-refractivity contribution in [3.63, 3.8) is 0 Å². The fourth-order valence-electron chi connectivity index (χ4n) is 1.44. The van der Waals surface area contributed by atoms with Crippen molar-refractivity contribution < 1.29 is 9.53 Å². The van der Waals surface area contributed by atoms with Crippen molar-refractivity contribution in [1.29, 1.82) is 0 Å². The largest absolute Gasteiger partial charge is 0.477 e. The van der Waals surface area contributed by atoms with Crippen molar-refractivity contribution >= 4 is 17.4 Å². The summed E-state index contributed by atoms with van der Waals surface area (Å²) in [6.45, 7) is 1.24. The van der Waals surface area contributed by atoms with Gasteiger partial charge in [0.15, 0.2) is 10.9 Å². The molecule has 2 heterocycles. The van der Waals surface area contributed by atoms with Gasteiger partial charge in [0.2, 0.25) is 5.88 Å². The van der Waals surface area contributed by atoms with Gasteiger partial charge in [0.05, 0.1) is 13.2 Å². The van der Waals surface area contributed by atoms with E-state index in [4.69, 9.17) is 22.1 Å². The second-order valence-electron chi connectivity index (χ2n) is 3.02. The Morgan fingerprint density at radius 2 is 2.50 bits per heavy atom. The number of hydrogen-bond donors (Lipinski definition) is 1. The number of aryl methyl sites for hydroxylation is 1. The van der Waals surface area contributed by atoms with Crippen LogP contribution < -0.4 is 10.5 Å². The molecule has 0 spiro atoms. The molecular weight excluding hydrogens is 206 g/mol. The van der Waals surface area contributed by atoms with Crippen LogP contribution in [0.1, 0.15) is 16.8 Å². The van der Waals surface area contributed by atoms with Crippen LogP contribution in [0.25, 0.3) is 0 Å². The highest BCUT2D eigenvalue weighted by molar-refractivity contribution is 6.33. The maximum absolute atomic E-state index is 11.4. The Balaban J connectivity index is 2.47. The standard InChI is InChI=1S/C8H10ClN3O2/c9-7-6(5(13)4-10)8-12(11-7)2-1-3-14-8/h1-4,10H2. The van der Waals surface area contributed by atoms with Crippen molar-refractivity contribution in [2.24, 2.45) is 5.73 Å². The number of carbonyl (C=O) groups is 1. The predicted octanol–water partition coefficient (Wildman–Crippen LogP) is 0.460. The minimum absolute atomic E-state index is 0.0816. The average molecular weight is 216 g/mol. The van der Waals surface area contributed by atoms with Gasteiger partial charge in [0, 0.05) is 13.0 Å². The molecule has 0 aromatic carbocycles.